The zero-order chi connectivity index (χ0) is 22.1. The first kappa shape index (κ1) is 21.1. The van der Waals surface area contributed by atoms with Gasteiger partial charge in [-0.1, -0.05) is 11.6 Å². The molecule has 1 aliphatic heterocycles. The van der Waals surface area contributed by atoms with Gasteiger partial charge < -0.3 is 9.80 Å². The topological polar surface area (TPSA) is 76.3 Å². The number of amides is 1. The second-order valence-corrected chi connectivity index (χ2v) is 8.21. The molecular weight excluding hydrogens is 416 g/mol. The van der Waals surface area contributed by atoms with E-state index in [9.17, 15) is 9.59 Å². The van der Waals surface area contributed by atoms with E-state index in [0.29, 0.717) is 37.0 Å². The van der Waals surface area contributed by atoms with Gasteiger partial charge in [0.05, 0.1) is 5.69 Å². The van der Waals surface area contributed by atoms with Gasteiger partial charge in [0.25, 0.3) is 5.56 Å². The summed E-state index contributed by atoms with van der Waals surface area (Å²) in [5, 5.41) is 9.56. The molecule has 3 heterocycles. The van der Waals surface area contributed by atoms with E-state index in [-0.39, 0.29) is 11.5 Å². The van der Waals surface area contributed by atoms with Gasteiger partial charge in [0.1, 0.15) is 6.04 Å². The van der Waals surface area contributed by atoms with Gasteiger partial charge in [-0.3, -0.25) is 9.59 Å². The quantitative estimate of drug-likeness (QED) is 0.623. The lowest BCUT2D eigenvalue weighted by atomic mass is 10.2. The van der Waals surface area contributed by atoms with Crippen LogP contribution in [0.2, 0.25) is 5.02 Å². The fraction of sp³-hybridized carbons (Fsp3) is 0.364. The lowest BCUT2D eigenvalue weighted by Gasteiger charge is -2.37. The van der Waals surface area contributed by atoms with Gasteiger partial charge in [-0.15, -0.1) is 5.10 Å². The molecular formula is C22H25ClN6O2. The fourth-order valence-corrected chi connectivity index (χ4v) is 4.00. The molecule has 0 spiro atoms. The zero-order valence-corrected chi connectivity index (χ0v) is 18.6. The van der Waals surface area contributed by atoms with Gasteiger partial charge in [0.15, 0.2) is 5.82 Å². The fourth-order valence-electron chi connectivity index (χ4n) is 3.87. The Morgan fingerprint density at radius 1 is 1.00 bits per heavy atom. The summed E-state index contributed by atoms with van der Waals surface area (Å²) >= 11 is 5.97. The second kappa shape index (κ2) is 8.55. The van der Waals surface area contributed by atoms with Crippen molar-refractivity contribution in [3.8, 4) is 5.82 Å². The van der Waals surface area contributed by atoms with Gasteiger partial charge in [0.2, 0.25) is 5.91 Å². The number of carbonyl (C=O) groups is 1. The highest BCUT2D eigenvalue weighted by atomic mass is 35.5. The predicted molar refractivity (Wildman–Crippen MR) is 120 cm³/mol. The Bertz CT molecular complexity index is 1150. The minimum atomic E-state index is -0.702. The van der Waals surface area contributed by atoms with Gasteiger partial charge in [-0.25, -0.2) is 9.36 Å². The van der Waals surface area contributed by atoms with Gasteiger partial charge in [-0.2, -0.15) is 5.10 Å². The van der Waals surface area contributed by atoms with E-state index in [2.05, 4.69) is 15.1 Å². The number of benzene rings is 1. The Balaban J connectivity index is 1.48. The van der Waals surface area contributed by atoms with E-state index in [1.165, 1.54) is 10.7 Å². The lowest BCUT2D eigenvalue weighted by molar-refractivity contribution is -0.135. The molecule has 162 valence electrons. The van der Waals surface area contributed by atoms with Crippen LogP contribution in [0.1, 0.15) is 24.4 Å². The third kappa shape index (κ3) is 4.34. The van der Waals surface area contributed by atoms with Crippen molar-refractivity contribution in [1.82, 2.24) is 24.5 Å². The summed E-state index contributed by atoms with van der Waals surface area (Å²) in [6.45, 7) is 8.13. The van der Waals surface area contributed by atoms with Crippen molar-refractivity contribution in [3.63, 3.8) is 0 Å². The third-order valence-corrected chi connectivity index (χ3v) is 5.80. The molecule has 4 rings (SSSR count). The van der Waals surface area contributed by atoms with Crippen LogP contribution in [0.15, 0.2) is 47.3 Å². The first-order valence-corrected chi connectivity index (χ1v) is 10.6. The number of piperazine rings is 1. The largest absolute Gasteiger partial charge is 0.368 e. The Kier molecular flexibility index (Phi) is 5.82. The molecule has 1 fully saturated rings. The summed E-state index contributed by atoms with van der Waals surface area (Å²) in [6.07, 6.45) is 0. The molecule has 1 aromatic carbocycles. The maximum atomic E-state index is 13.1. The maximum Gasteiger partial charge on any atom is 0.267 e. The van der Waals surface area contributed by atoms with Gasteiger partial charge in [0, 0.05) is 48.6 Å². The highest BCUT2D eigenvalue weighted by molar-refractivity contribution is 6.30. The Morgan fingerprint density at radius 2 is 1.68 bits per heavy atom. The second-order valence-electron chi connectivity index (χ2n) is 7.78. The lowest BCUT2D eigenvalue weighted by Crippen LogP contribution is -2.51. The number of hydrogen-bond acceptors (Lipinski definition) is 5. The summed E-state index contributed by atoms with van der Waals surface area (Å²) in [7, 11) is 0. The Hall–Kier alpha value is -3.13. The molecule has 0 radical (unpaired) electrons. The molecule has 8 nitrogen and oxygen atoms in total. The van der Waals surface area contributed by atoms with Crippen LogP contribution in [0.3, 0.4) is 0 Å². The highest BCUT2D eigenvalue weighted by Crippen LogP contribution is 2.20. The van der Waals surface area contributed by atoms with Gasteiger partial charge >= 0.3 is 0 Å². The number of anilines is 1. The number of hydrogen-bond donors (Lipinski definition) is 0. The molecule has 9 heteroatoms. The molecule has 2 aromatic heterocycles. The smallest absolute Gasteiger partial charge is 0.267 e. The van der Waals surface area contributed by atoms with Crippen LogP contribution in [-0.4, -0.2) is 56.5 Å². The van der Waals surface area contributed by atoms with E-state index < -0.39 is 6.04 Å². The van der Waals surface area contributed by atoms with Crippen molar-refractivity contribution in [1.29, 1.82) is 0 Å². The van der Waals surface area contributed by atoms with Crippen molar-refractivity contribution in [2.45, 2.75) is 26.8 Å². The van der Waals surface area contributed by atoms with Crippen LogP contribution in [0, 0.1) is 13.8 Å². The normalized spacial score (nSPS) is 15.2. The van der Waals surface area contributed by atoms with E-state index in [1.807, 2.05) is 44.2 Å². The van der Waals surface area contributed by atoms with E-state index in [4.69, 9.17) is 11.6 Å². The molecule has 0 aliphatic carbocycles. The van der Waals surface area contributed by atoms with Crippen molar-refractivity contribution in [2.24, 2.45) is 0 Å². The number of aryl methyl sites for hydroxylation is 2. The minimum Gasteiger partial charge on any atom is -0.368 e. The first-order chi connectivity index (χ1) is 14.8. The number of halogens is 1. The summed E-state index contributed by atoms with van der Waals surface area (Å²) in [5.74, 6) is 0.397. The predicted octanol–water partition coefficient (Wildman–Crippen LogP) is 2.61. The van der Waals surface area contributed by atoms with E-state index >= 15 is 0 Å². The molecule has 1 unspecified atom stereocenters. The average molecular weight is 441 g/mol. The van der Waals surface area contributed by atoms with Gasteiger partial charge in [-0.05, 0) is 57.2 Å². The van der Waals surface area contributed by atoms with Crippen molar-refractivity contribution < 1.29 is 4.79 Å². The van der Waals surface area contributed by atoms with Crippen LogP contribution in [0.4, 0.5) is 5.69 Å². The summed E-state index contributed by atoms with van der Waals surface area (Å²) < 4.78 is 2.92. The molecule has 1 aliphatic rings. The van der Waals surface area contributed by atoms with Crippen LogP contribution < -0.4 is 10.5 Å². The van der Waals surface area contributed by atoms with Crippen molar-refractivity contribution >= 4 is 23.2 Å². The summed E-state index contributed by atoms with van der Waals surface area (Å²) in [5.41, 5.74) is 2.54. The highest BCUT2D eigenvalue weighted by Gasteiger charge is 2.27. The molecule has 1 amide bonds. The van der Waals surface area contributed by atoms with E-state index in [1.54, 1.807) is 22.6 Å². The first-order valence-electron chi connectivity index (χ1n) is 10.3. The maximum absolute atomic E-state index is 13.1. The molecule has 1 saturated heterocycles. The number of carbonyl (C=O) groups excluding carboxylic acids is 1. The molecule has 3 aromatic rings. The van der Waals surface area contributed by atoms with Crippen LogP contribution in [0.5, 0.6) is 0 Å². The number of rotatable bonds is 4. The summed E-state index contributed by atoms with van der Waals surface area (Å²) in [6, 6.07) is 12.0. The third-order valence-electron chi connectivity index (χ3n) is 5.54. The van der Waals surface area contributed by atoms with Crippen LogP contribution in [-0.2, 0) is 4.79 Å². The van der Waals surface area contributed by atoms with Crippen molar-refractivity contribution in [2.75, 3.05) is 31.1 Å². The van der Waals surface area contributed by atoms with Crippen molar-refractivity contribution in [3.05, 3.63) is 69.2 Å². The molecule has 0 bridgehead atoms. The average Bonchev–Trinajstić information content (AvgIpc) is 3.11. The Labute approximate surface area is 185 Å². The number of aromatic nitrogens is 4. The monoisotopic (exact) mass is 440 g/mol. The van der Waals surface area contributed by atoms with Crippen LogP contribution in [0.25, 0.3) is 5.82 Å². The molecule has 0 N–H and O–H groups in total. The SMILES string of the molecule is Cc1cc(C)n(-c2ccc(=O)n(C(C)C(=O)N3CCN(c4ccc(Cl)cc4)CC3)n2)n1. The summed E-state index contributed by atoms with van der Waals surface area (Å²) in [4.78, 5) is 29.6. The zero-order valence-electron chi connectivity index (χ0n) is 17.8. The minimum absolute atomic E-state index is 0.115. The molecule has 31 heavy (non-hydrogen) atoms. The Morgan fingerprint density at radius 3 is 2.29 bits per heavy atom. The molecule has 1 atom stereocenters. The van der Waals surface area contributed by atoms with Crippen LogP contribution >= 0.6 is 11.6 Å². The molecule has 0 saturated carbocycles. The standard InChI is InChI=1S/C22H25ClN6O2/c1-15-14-16(2)28(24-15)20-8-9-21(30)29(25-20)17(3)22(31)27-12-10-26(11-13-27)19-6-4-18(23)5-7-19/h4-9,14,17H,10-13H2,1-3H3. The van der Waals surface area contributed by atoms with E-state index in [0.717, 1.165) is 17.1 Å². The number of nitrogens with zero attached hydrogens (tertiary/aromatic N) is 6.